The van der Waals surface area contributed by atoms with Crippen molar-refractivity contribution in [1.82, 2.24) is 10.7 Å². The van der Waals surface area contributed by atoms with Crippen molar-refractivity contribution in [3.8, 4) is 5.75 Å². The molecule has 1 aliphatic heterocycles. The molecule has 5 rings (SSSR count). The number of hydrogen-bond acceptors (Lipinski definition) is 6. The van der Waals surface area contributed by atoms with Gasteiger partial charge in [-0.15, -0.1) is 13.2 Å². The van der Waals surface area contributed by atoms with Crippen LogP contribution in [0.4, 0.5) is 18.0 Å². The largest absolute Gasteiger partial charge is 0.573 e. The first-order valence-corrected chi connectivity index (χ1v) is 13.2. The first kappa shape index (κ1) is 27.0. The predicted octanol–water partition coefficient (Wildman–Crippen LogP) is 6.68. The monoisotopic (exact) mass is 607 g/mol. The Bertz CT molecular complexity index is 1400. The van der Waals surface area contributed by atoms with Gasteiger partial charge >= 0.3 is 12.5 Å². The van der Waals surface area contributed by atoms with Gasteiger partial charge in [0.15, 0.2) is 11.4 Å². The average Bonchev–Trinajstić information content (AvgIpc) is 3.30. The zero-order chi connectivity index (χ0) is 27.8. The van der Waals surface area contributed by atoms with Crippen LogP contribution in [-0.2, 0) is 4.74 Å². The van der Waals surface area contributed by atoms with Gasteiger partial charge in [-0.2, -0.15) is 5.10 Å². The molecular formula is C27H25BrF3N3O5. The number of nitrogens with zero attached hydrogens (tertiary/aromatic N) is 1. The molecule has 2 aliphatic rings. The third-order valence-corrected chi connectivity index (χ3v) is 7.69. The number of para-hydroxylation sites is 1. The van der Waals surface area contributed by atoms with E-state index in [1.807, 2.05) is 31.2 Å². The fraction of sp³-hybridized carbons (Fsp3) is 0.370. The highest BCUT2D eigenvalue weighted by molar-refractivity contribution is 9.10. The summed E-state index contributed by atoms with van der Waals surface area (Å²) in [6.45, 7) is 1.93. The molecule has 2 N–H and O–H groups in total. The lowest BCUT2D eigenvalue weighted by Gasteiger charge is -2.42. The highest BCUT2D eigenvalue weighted by Gasteiger charge is 2.47. The lowest BCUT2D eigenvalue weighted by molar-refractivity contribution is -0.274. The van der Waals surface area contributed by atoms with Crippen molar-refractivity contribution in [2.24, 2.45) is 11.0 Å². The lowest BCUT2D eigenvalue weighted by Crippen LogP contribution is -2.52. The van der Waals surface area contributed by atoms with E-state index in [2.05, 4.69) is 36.5 Å². The van der Waals surface area contributed by atoms with Crippen LogP contribution >= 0.6 is 15.9 Å². The molecule has 0 bridgehead atoms. The van der Waals surface area contributed by atoms with Gasteiger partial charge < -0.3 is 19.2 Å². The van der Waals surface area contributed by atoms with E-state index in [-0.39, 0.29) is 29.4 Å². The summed E-state index contributed by atoms with van der Waals surface area (Å²) >= 11 is 3.31. The maximum Gasteiger partial charge on any atom is 0.573 e. The zero-order valence-electron chi connectivity index (χ0n) is 20.8. The zero-order valence-corrected chi connectivity index (χ0v) is 22.4. The van der Waals surface area contributed by atoms with Crippen molar-refractivity contribution < 1.29 is 36.7 Å². The molecule has 2 amide bonds. The Morgan fingerprint density at radius 1 is 1.23 bits per heavy atom. The number of ether oxygens (including phenoxy) is 2. The third kappa shape index (κ3) is 6.05. The minimum absolute atomic E-state index is 0.121. The molecule has 39 heavy (non-hydrogen) atoms. The minimum Gasteiger partial charge on any atom is -0.451 e. The summed E-state index contributed by atoms with van der Waals surface area (Å²) in [5, 5.41) is 8.08. The number of hydrazone groups is 1. The van der Waals surface area contributed by atoms with Crippen molar-refractivity contribution >= 4 is 44.6 Å². The SMILES string of the molecule is C[C@@H](CC1CCC2(CC1)OC(=O)NN=C2c1ccc(OC(F)(F)F)cc1Br)NC(=O)c1cc2ccccc2o1. The van der Waals surface area contributed by atoms with Crippen LogP contribution in [0, 0.1) is 5.92 Å². The standard InChI is InChI=1S/C27H25BrF3N3O5/c1-15(32-24(35)22-13-17-4-2-3-5-21(17)37-22)12-16-8-10-26(11-9-16)23(33-34-25(36)39-26)19-7-6-18(14-20(19)28)38-27(29,30)31/h2-7,13-16H,8-12H2,1H3,(H,32,35)(H,34,36)/t15-,16?,26?/m0/s1. The average molecular weight is 608 g/mol. The molecule has 1 spiro atoms. The molecule has 12 heteroatoms. The summed E-state index contributed by atoms with van der Waals surface area (Å²) in [4.78, 5) is 24.9. The molecule has 1 aromatic heterocycles. The van der Waals surface area contributed by atoms with Crippen LogP contribution in [0.1, 0.15) is 55.1 Å². The number of fused-ring (bicyclic) bond motifs is 1. The number of nitrogens with one attached hydrogen (secondary N) is 2. The van der Waals surface area contributed by atoms with Gasteiger partial charge in [0, 0.05) is 21.5 Å². The molecule has 0 unspecified atom stereocenters. The van der Waals surface area contributed by atoms with E-state index in [1.165, 1.54) is 18.2 Å². The predicted molar refractivity (Wildman–Crippen MR) is 139 cm³/mol. The van der Waals surface area contributed by atoms with Gasteiger partial charge in [-0.1, -0.05) is 18.2 Å². The highest BCUT2D eigenvalue weighted by atomic mass is 79.9. The van der Waals surface area contributed by atoms with Crippen LogP contribution in [0.15, 0.2) is 62.5 Å². The Labute approximate surface area is 230 Å². The maximum atomic E-state index is 12.7. The van der Waals surface area contributed by atoms with E-state index < -0.39 is 18.1 Å². The second kappa shape index (κ2) is 10.6. The van der Waals surface area contributed by atoms with E-state index in [9.17, 15) is 22.8 Å². The summed E-state index contributed by atoms with van der Waals surface area (Å²) < 4.78 is 53.6. The molecule has 206 valence electrons. The highest BCUT2D eigenvalue weighted by Crippen LogP contribution is 2.42. The lowest BCUT2D eigenvalue weighted by atomic mass is 9.73. The molecule has 1 fully saturated rings. The smallest absolute Gasteiger partial charge is 0.451 e. The number of carbonyl (C=O) groups is 2. The third-order valence-electron chi connectivity index (χ3n) is 7.03. The van der Waals surface area contributed by atoms with Crippen molar-refractivity contribution in [2.75, 3.05) is 0 Å². The Kier molecular flexibility index (Phi) is 7.32. The minimum atomic E-state index is -4.82. The van der Waals surface area contributed by atoms with Crippen molar-refractivity contribution in [3.63, 3.8) is 0 Å². The number of halogens is 4. The molecular weight excluding hydrogens is 583 g/mol. The van der Waals surface area contributed by atoms with Gasteiger partial charge in [0.25, 0.3) is 5.91 Å². The van der Waals surface area contributed by atoms with E-state index in [0.717, 1.165) is 5.39 Å². The first-order chi connectivity index (χ1) is 18.5. The number of hydrogen-bond donors (Lipinski definition) is 2. The molecule has 8 nitrogen and oxygen atoms in total. The van der Waals surface area contributed by atoms with Gasteiger partial charge in [0.2, 0.25) is 0 Å². The van der Waals surface area contributed by atoms with Crippen LogP contribution in [0.5, 0.6) is 5.75 Å². The van der Waals surface area contributed by atoms with E-state index >= 15 is 0 Å². The van der Waals surface area contributed by atoms with E-state index in [4.69, 9.17) is 9.15 Å². The number of carbonyl (C=O) groups excluding carboxylic acids is 2. The summed E-state index contributed by atoms with van der Waals surface area (Å²) in [6.07, 6.45) is -2.44. The number of furan rings is 1. The van der Waals surface area contributed by atoms with Gasteiger partial charge in [-0.25, -0.2) is 10.2 Å². The number of rotatable bonds is 6. The Morgan fingerprint density at radius 3 is 2.67 bits per heavy atom. The summed E-state index contributed by atoms with van der Waals surface area (Å²) in [6, 6.07) is 12.9. The summed E-state index contributed by atoms with van der Waals surface area (Å²) in [5.74, 6) is -0.154. The summed E-state index contributed by atoms with van der Waals surface area (Å²) in [7, 11) is 0. The fourth-order valence-corrected chi connectivity index (χ4v) is 5.85. The Hall–Kier alpha value is -3.54. The molecule has 1 aliphatic carbocycles. The maximum absolute atomic E-state index is 12.7. The second-order valence-corrected chi connectivity index (χ2v) is 10.7. The van der Waals surface area contributed by atoms with Gasteiger partial charge in [-0.3, -0.25) is 4.79 Å². The molecule has 1 saturated carbocycles. The molecule has 0 saturated heterocycles. The van der Waals surface area contributed by atoms with E-state index in [1.54, 1.807) is 6.07 Å². The molecule has 2 aromatic carbocycles. The molecule has 2 heterocycles. The second-order valence-electron chi connectivity index (χ2n) is 9.85. The van der Waals surface area contributed by atoms with E-state index in [0.29, 0.717) is 53.4 Å². The van der Waals surface area contributed by atoms with Crippen LogP contribution in [0.25, 0.3) is 11.0 Å². The molecule has 1 atom stereocenters. The van der Waals surface area contributed by atoms with Crippen molar-refractivity contribution in [1.29, 1.82) is 0 Å². The van der Waals surface area contributed by atoms with Gasteiger partial charge in [0.05, 0.1) is 0 Å². The number of amides is 2. The van der Waals surface area contributed by atoms with Crippen molar-refractivity contribution in [3.05, 3.63) is 64.3 Å². The number of alkyl halides is 3. The van der Waals surface area contributed by atoms with Gasteiger partial charge in [-0.05, 0) is 91.2 Å². The van der Waals surface area contributed by atoms with Crippen LogP contribution < -0.4 is 15.5 Å². The Balaban J connectivity index is 1.23. The van der Waals surface area contributed by atoms with Crippen LogP contribution in [0.3, 0.4) is 0 Å². The van der Waals surface area contributed by atoms with Crippen molar-refractivity contribution in [2.45, 2.75) is 57.0 Å². The molecule has 0 radical (unpaired) electrons. The summed E-state index contributed by atoms with van der Waals surface area (Å²) in [5.41, 5.74) is 2.86. The molecule has 3 aromatic rings. The fourth-order valence-electron chi connectivity index (χ4n) is 5.31. The number of benzene rings is 2. The van der Waals surface area contributed by atoms with Crippen LogP contribution in [0.2, 0.25) is 0 Å². The van der Waals surface area contributed by atoms with Crippen LogP contribution in [-0.4, -0.2) is 35.7 Å². The quantitative estimate of drug-likeness (QED) is 0.325. The normalized spacial score (nSPS) is 22.1. The first-order valence-electron chi connectivity index (χ1n) is 12.4. The Morgan fingerprint density at radius 2 is 1.97 bits per heavy atom. The topological polar surface area (TPSA) is 102 Å². The van der Waals surface area contributed by atoms with Gasteiger partial charge in [0.1, 0.15) is 17.0 Å².